The zero-order valence-electron chi connectivity index (χ0n) is 15.9. The molecule has 0 saturated heterocycles. The van der Waals surface area contributed by atoms with Gasteiger partial charge in [-0.1, -0.05) is 24.6 Å². The molecule has 0 atom stereocenters. The maximum Gasteiger partial charge on any atom is 0.224 e. The van der Waals surface area contributed by atoms with Crippen LogP contribution in [0.5, 0.6) is 5.75 Å². The second kappa shape index (κ2) is 9.97. The molecule has 0 aliphatic heterocycles. The van der Waals surface area contributed by atoms with Gasteiger partial charge in [-0.25, -0.2) is 0 Å². The van der Waals surface area contributed by atoms with Crippen LogP contribution in [0.25, 0.3) is 0 Å². The number of rotatable bonds is 8. The zero-order chi connectivity index (χ0) is 19.8. The van der Waals surface area contributed by atoms with Crippen LogP contribution in [0, 0.1) is 13.8 Å². The molecule has 0 fully saturated rings. The number of benzene rings is 2. The first-order valence-electron chi connectivity index (χ1n) is 8.98. The van der Waals surface area contributed by atoms with Crippen LogP contribution in [-0.4, -0.2) is 18.4 Å². The van der Waals surface area contributed by atoms with Gasteiger partial charge in [0.1, 0.15) is 5.75 Å². The molecule has 2 amide bonds. The van der Waals surface area contributed by atoms with Crippen LogP contribution >= 0.6 is 11.6 Å². The summed E-state index contributed by atoms with van der Waals surface area (Å²) in [6, 6.07) is 10.9. The molecule has 5 nitrogen and oxygen atoms in total. The van der Waals surface area contributed by atoms with Gasteiger partial charge in [0.2, 0.25) is 11.8 Å². The molecule has 6 heteroatoms. The number of aryl methyl sites for hydroxylation is 2. The van der Waals surface area contributed by atoms with E-state index in [1.54, 1.807) is 19.1 Å². The smallest absolute Gasteiger partial charge is 0.224 e. The lowest BCUT2D eigenvalue weighted by atomic mass is 10.1. The SMILES string of the molecule is CCC(=O)Nc1ccc(C)c(NC(=O)CCCOc2ccc(Cl)c(C)c2)c1. The Morgan fingerprint density at radius 3 is 2.48 bits per heavy atom. The minimum absolute atomic E-state index is 0.0642. The van der Waals surface area contributed by atoms with Crippen molar-refractivity contribution in [2.24, 2.45) is 0 Å². The number of amides is 2. The van der Waals surface area contributed by atoms with E-state index in [4.69, 9.17) is 16.3 Å². The zero-order valence-corrected chi connectivity index (χ0v) is 16.7. The van der Waals surface area contributed by atoms with Gasteiger partial charge in [-0.05, 0) is 61.7 Å². The molecular formula is C21H25ClN2O3. The minimum atomic E-state index is -0.0899. The fraction of sp³-hybridized carbons (Fsp3) is 0.333. The number of nitrogens with one attached hydrogen (secondary N) is 2. The first-order valence-corrected chi connectivity index (χ1v) is 9.36. The molecule has 27 heavy (non-hydrogen) atoms. The lowest BCUT2D eigenvalue weighted by Crippen LogP contribution is -2.14. The Kier molecular flexibility index (Phi) is 7.67. The molecule has 0 unspecified atom stereocenters. The lowest BCUT2D eigenvalue weighted by molar-refractivity contribution is -0.117. The van der Waals surface area contributed by atoms with Crippen LogP contribution in [0.1, 0.15) is 37.3 Å². The summed E-state index contributed by atoms with van der Waals surface area (Å²) in [5.74, 6) is 0.589. The van der Waals surface area contributed by atoms with E-state index in [1.165, 1.54) is 0 Å². The van der Waals surface area contributed by atoms with Gasteiger partial charge in [0.25, 0.3) is 0 Å². The van der Waals surface area contributed by atoms with Crippen LogP contribution in [0.3, 0.4) is 0 Å². The molecule has 2 rings (SSSR count). The predicted molar refractivity (Wildman–Crippen MR) is 110 cm³/mol. The van der Waals surface area contributed by atoms with Crippen molar-refractivity contribution in [2.45, 2.75) is 40.0 Å². The highest BCUT2D eigenvalue weighted by Crippen LogP contribution is 2.22. The van der Waals surface area contributed by atoms with E-state index in [1.807, 2.05) is 38.1 Å². The van der Waals surface area contributed by atoms with Gasteiger partial charge in [0, 0.05) is 29.2 Å². The average molecular weight is 389 g/mol. The third-order valence-electron chi connectivity index (χ3n) is 4.06. The third kappa shape index (κ3) is 6.61. The molecule has 2 N–H and O–H groups in total. The quantitative estimate of drug-likeness (QED) is 0.618. The number of carbonyl (C=O) groups is 2. The van der Waals surface area contributed by atoms with Gasteiger partial charge in [-0.3, -0.25) is 9.59 Å². The molecular weight excluding hydrogens is 364 g/mol. The molecule has 0 aliphatic rings. The Morgan fingerprint density at radius 1 is 1.00 bits per heavy atom. The van der Waals surface area contributed by atoms with Gasteiger partial charge in [-0.15, -0.1) is 0 Å². The van der Waals surface area contributed by atoms with Crippen LogP contribution in [-0.2, 0) is 9.59 Å². The molecule has 0 aromatic heterocycles. The van der Waals surface area contributed by atoms with E-state index in [0.29, 0.717) is 42.3 Å². The van der Waals surface area contributed by atoms with Crippen molar-refractivity contribution in [3.63, 3.8) is 0 Å². The average Bonchev–Trinajstić information content (AvgIpc) is 2.64. The van der Waals surface area contributed by atoms with Crippen LogP contribution in [0.4, 0.5) is 11.4 Å². The fourth-order valence-corrected chi connectivity index (χ4v) is 2.54. The maximum absolute atomic E-state index is 12.2. The molecule has 0 heterocycles. The maximum atomic E-state index is 12.2. The molecule has 2 aromatic carbocycles. The highest BCUT2D eigenvalue weighted by atomic mass is 35.5. The summed E-state index contributed by atoms with van der Waals surface area (Å²) < 4.78 is 5.66. The Morgan fingerprint density at radius 2 is 1.78 bits per heavy atom. The summed E-state index contributed by atoms with van der Waals surface area (Å²) in [6.45, 7) is 6.06. The van der Waals surface area contributed by atoms with Crippen molar-refractivity contribution >= 4 is 34.8 Å². The number of carbonyl (C=O) groups excluding carboxylic acids is 2. The summed E-state index contributed by atoms with van der Waals surface area (Å²) in [4.78, 5) is 23.7. The molecule has 0 saturated carbocycles. The fourth-order valence-electron chi connectivity index (χ4n) is 2.43. The summed E-state index contributed by atoms with van der Waals surface area (Å²) in [5, 5.41) is 6.39. The number of hydrogen-bond acceptors (Lipinski definition) is 3. The van der Waals surface area contributed by atoms with Crippen molar-refractivity contribution in [1.82, 2.24) is 0 Å². The van der Waals surface area contributed by atoms with Crippen molar-refractivity contribution in [3.05, 3.63) is 52.5 Å². The van der Waals surface area contributed by atoms with E-state index >= 15 is 0 Å². The minimum Gasteiger partial charge on any atom is -0.494 e. The molecule has 2 aromatic rings. The van der Waals surface area contributed by atoms with Gasteiger partial charge >= 0.3 is 0 Å². The number of hydrogen-bond donors (Lipinski definition) is 2. The van der Waals surface area contributed by atoms with Crippen molar-refractivity contribution in [3.8, 4) is 5.75 Å². The van der Waals surface area contributed by atoms with E-state index in [2.05, 4.69) is 10.6 Å². The van der Waals surface area contributed by atoms with Crippen molar-refractivity contribution in [1.29, 1.82) is 0 Å². The Bertz CT molecular complexity index is 821. The lowest BCUT2D eigenvalue weighted by Gasteiger charge is -2.12. The first kappa shape index (κ1) is 20.8. The first-order chi connectivity index (χ1) is 12.9. The normalized spacial score (nSPS) is 10.4. The second-order valence-corrected chi connectivity index (χ2v) is 6.75. The third-order valence-corrected chi connectivity index (χ3v) is 4.49. The second-order valence-electron chi connectivity index (χ2n) is 6.34. The summed E-state index contributed by atoms with van der Waals surface area (Å²) in [7, 11) is 0. The monoisotopic (exact) mass is 388 g/mol. The molecule has 144 valence electrons. The summed E-state index contributed by atoms with van der Waals surface area (Å²) in [5.41, 5.74) is 3.26. The largest absolute Gasteiger partial charge is 0.494 e. The number of ether oxygens (including phenoxy) is 1. The number of anilines is 2. The highest BCUT2D eigenvalue weighted by molar-refractivity contribution is 6.31. The summed E-state index contributed by atoms with van der Waals surface area (Å²) in [6.07, 6.45) is 1.35. The van der Waals surface area contributed by atoms with Crippen LogP contribution in [0.15, 0.2) is 36.4 Å². The van der Waals surface area contributed by atoms with E-state index in [-0.39, 0.29) is 11.8 Å². The molecule has 0 radical (unpaired) electrons. The molecule has 0 spiro atoms. The van der Waals surface area contributed by atoms with E-state index in [0.717, 1.165) is 16.9 Å². The highest BCUT2D eigenvalue weighted by Gasteiger charge is 2.08. The summed E-state index contributed by atoms with van der Waals surface area (Å²) >= 11 is 5.99. The van der Waals surface area contributed by atoms with E-state index < -0.39 is 0 Å². The van der Waals surface area contributed by atoms with E-state index in [9.17, 15) is 9.59 Å². The van der Waals surface area contributed by atoms with Gasteiger partial charge in [0.15, 0.2) is 0 Å². The van der Waals surface area contributed by atoms with Crippen molar-refractivity contribution < 1.29 is 14.3 Å². The van der Waals surface area contributed by atoms with Crippen LogP contribution in [0.2, 0.25) is 5.02 Å². The number of halogens is 1. The van der Waals surface area contributed by atoms with Gasteiger partial charge in [-0.2, -0.15) is 0 Å². The Labute approximate surface area is 165 Å². The predicted octanol–water partition coefficient (Wildman–Crippen LogP) is 5.10. The molecule has 0 aliphatic carbocycles. The van der Waals surface area contributed by atoms with Gasteiger partial charge < -0.3 is 15.4 Å². The Hall–Kier alpha value is -2.53. The molecule has 0 bridgehead atoms. The van der Waals surface area contributed by atoms with Crippen LogP contribution < -0.4 is 15.4 Å². The van der Waals surface area contributed by atoms with Crippen molar-refractivity contribution in [2.75, 3.05) is 17.2 Å². The topological polar surface area (TPSA) is 67.4 Å². The Balaban J connectivity index is 1.82. The standard InChI is InChI=1S/C21H25ClN2O3/c1-4-20(25)23-16-8-7-14(2)19(13-16)24-21(26)6-5-11-27-17-9-10-18(22)15(3)12-17/h7-10,12-13H,4-6,11H2,1-3H3,(H,23,25)(H,24,26). The van der Waals surface area contributed by atoms with Gasteiger partial charge in [0.05, 0.1) is 6.61 Å².